The van der Waals surface area contributed by atoms with E-state index >= 15 is 0 Å². The van der Waals surface area contributed by atoms with E-state index in [1.54, 1.807) is 18.4 Å². The molecule has 2 N–H and O–H groups in total. The summed E-state index contributed by atoms with van der Waals surface area (Å²) in [5.41, 5.74) is 0.409. The number of aliphatic hydroxyl groups is 1. The fraction of sp³-hybridized carbons (Fsp3) is 0.444. The highest BCUT2D eigenvalue weighted by molar-refractivity contribution is 7.37. The van der Waals surface area contributed by atoms with Gasteiger partial charge in [0.05, 0.1) is 13.5 Å². The average Bonchev–Trinajstić information content (AvgIpc) is 2.22. The van der Waals surface area contributed by atoms with Crippen LogP contribution in [0.1, 0.15) is 6.92 Å². The Kier molecular flexibility index (Phi) is 8.19. The van der Waals surface area contributed by atoms with Crippen molar-refractivity contribution in [3.63, 3.8) is 0 Å². The van der Waals surface area contributed by atoms with Crippen LogP contribution in [-0.2, 0) is 9.53 Å². The third-order valence-electron chi connectivity index (χ3n) is 1.37. The highest BCUT2D eigenvalue weighted by Crippen LogP contribution is 2.08. The first-order valence-corrected chi connectivity index (χ1v) is 5.65. The molecule has 0 rings (SSSR count). The van der Waals surface area contributed by atoms with Gasteiger partial charge in [0.2, 0.25) is 0 Å². The smallest absolute Gasteiger partial charge is 0.354 e. The van der Waals surface area contributed by atoms with E-state index in [-0.39, 0.29) is 6.35 Å². The lowest BCUT2D eigenvalue weighted by atomic mass is 10.4. The highest BCUT2D eigenvalue weighted by atomic mass is 31.1. The third kappa shape index (κ3) is 5.73. The first-order valence-electron chi connectivity index (χ1n) is 4.24. The quantitative estimate of drug-likeness (QED) is 0.299. The van der Waals surface area contributed by atoms with Crippen LogP contribution in [0.5, 0.6) is 0 Å². The number of nitrogens with one attached hydrogen (secondary N) is 1. The van der Waals surface area contributed by atoms with Gasteiger partial charge in [0.1, 0.15) is 5.70 Å². The molecule has 4 nitrogen and oxygen atoms in total. The number of hydrogen-bond acceptors (Lipinski definition) is 4. The number of rotatable bonds is 6. The maximum absolute atomic E-state index is 11.2. The van der Waals surface area contributed by atoms with Crippen molar-refractivity contribution in [1.82, 2.24) is 5.32 Å². The molecule has 0 aliphatic rings. The minimum atomic E-state index is -0.397. The standard InChI is InChI=1S/C9H16NO3P/c1-3-5-10-8(9(12)13-2)4-6-14-7-11/h3-5,10-11,14H,6-7H2,1-2H3/b5-3?,8-4-. The third-order valence-corrected chi connectivity index (χ3v) is 2.09. The van der Waals surface area contributed by atoms with Crippen LogP contribution in [0.3, 0.4) is 0 Å². The lowest BCUT2D eigenvalue weighted by molar-refractivity contribution is -0.136. The van der Waals surface area contributed by atoms with Gasteiger partial charge in [-0.3, -0.25) is 0 Å². The number of carbonyl (C=O) groups is 1. The Hall–Kier alpha value is -0.860. The number of allylic oxidation sites excluding steroid dienone is 2. The second-order valence-corrected chi connectivity index (χ2v) is 3.59. The van der Waals surface area contributed by atoms with Crippen molar-refractivity contribution < 1.29 is 14.6 Å². The lowest BCUT2D eigenvalue weighted by Gasteiger charge is -2.04. The predicted octanol–water partition coefficient (Wildman–Crippen LogP) is 0.795. The van der Waals surface area contributed by atoms with Gasteiger partial charge < -0.3 is 15.2 Å². The van der Waals surface area contributed by atoms with Crippen LogP contribution in [0, 0.1) is 0 Å². The Bertz CT molecular complexity index is 226. The van der Waals surface area contributed by atoms with Crippen molar-refractivity contribution in [3.8, 4) is 0 Å². The normalized spacial score (nSPS) is 12.6. The second-order valence-electron chi connectivity index (χ2n) is 2.37. The van der Waals surface area contributed by atoms with E-state index in [4.69, 9.17) is 5.11 Å². The molecule has 0 aliphatic heterocycles. The number of carbonyl (C=O) groups excluding carboxylic acids is 1. The van der Waals surface area contributed by atoms with Crippen molar-refractivity contribution >= 4 is 14.6 Å². The maximum Gasteiger partial charge on any atom is 0.354 e. The van der Waals surface area contributed by atoms with Crippen molar-refractivity contribution in [2.75, 3.05) is 19.6 Å². The molecule has 0 aromatic heterocycles. The van der Waals surface area contributed by atoms with Crippen LogP contribution in [0.25, 0.3) is 0 Å². The Morgan fingerprint density at radius 3 is 2.86 bits per heavy atom. The summed E-state index contributed by atoms with van der Waals surface area (Å²) in [6.07, 6.45) is 5.98. The van der Waals surface area contributed by atoms with E-state index in [1.165, 1.54) is 7.11 Å². The van der Waals surface area contributed by atoms with E-state index in [0.29, 0.717) is 20.4 Å². The molecule has 5 heteroatoms. The first kappa shape index (κ1) is 13.1. The zero-order chi connectivity index (χ0) is 10.8. The number of methoxy groups -OCH3 is 1. The predicted molar refractivity (Wildman–Crippen MR) is 58.3 cm³/mol. The summed E-state index contributed by atoms with van der Waals surface area (Å²) in [4.78, 5) is 11.2. The van der Waals surface area contributed by atoms with Crippen molar-refractivity contribution in [3.05, 3.63) is 24.0 Å². The second kappa shape index (κ2) is 8.73. The monoisotopic (exact) mass is 217 g/mol. The van der Waals surface area contributed by atoms with Crippen LogP contribution in [0.15, 0.2) is 24.0 Å². The maximum atomic E-state index is 11.2. The van der Waals surface area contributed by atoms with Gasteiger partial charge in [-0.25, -0.2) is 4.79 Å². The van der Waals surface area contributed by atoms with Gasteiger partial charge in [0.15, 0.2) is 0 Å². The van der Waals surface area contributed by atoms with Crippen molar-refractivity contribution in [2.24, 2.45) is 0 Å². The molecule has 0 aromatic carbocycles. The molecule has 0 aliphatic carbocycles. The van der Waals surface area contributed by atoms with Gasteiger partial charge in [-0.15, -0.1) is 0 Å². The molecule has 0 saturated heterocycles. The summed E-state index contributed by atoms with van der Waals surface area (Å²) in [6, 6.07) is 0. The number of ether oxygens (including phenoxy) is 1. The molecule has 0 amide bonds. The van der Waals surface area contributed by atoms with Gasteiger partial charge in [-0.1, -0.05) is 14.7 Å². The molecular formula is C9H16NO3P. The van der Waals surface area contributed by atoms with Crippen LogP contribution < -0.4 is 5.32 Å². The fourth-order valence-electron chi connectivity index (χ4n) is 0.723. The summed E-state index contributed by atoms with van der Waals surface area (Å²) in [6.45, 7) is 1.84. The van der Waals surface area contributed by atoms with Crippen LogP contribution in [0.2, 0.25) is 0 Å². The Balaban J connectivity index is 4.22. The van der Waals surface area contributed by atoms with E-state index in [9.17, 15) is 4.79 Å². The van der Waals surface area contributed by atoms with Crippen LogP contribution in [0.4, 0.5) is 0 Å². The molecule has 0 bridgehead atoms. The minimum absolute atomic E-state index is 0.147. The molecule has 0 heterocycles. The van der Waals surface area contributed by atoms with E-state index in [2.05, 4.69) is 10.1 Å². The largest absolute Gasteiger partial charge is 0.464 e. The molecule has 0 radical (unpaired) electrons. The van der Waals surface area contributed by atoms with Gasteiger partial charge >= 0.3 is 5.97 Å². The molecule has 14 heavy (non-hydrogen) atoms. The Morgan fingerprint density at radius 2 is 2.36 bits per heavy atom. The summed E-state index contributed by atoms with van der Waals surface area (Å²) >= 11 is 0. The number of esters is 1. The Morgan fingerprint density at radius 1 is 1.64 bits per heavy atom. The molecule has 0 saturated carbocycles. The minimum Gasteiger partial charge on any atom is -0.464 e. The van der Waals surface area contributed by atoms with E-state index in [1.807, 2.05) is 6.92 Å². The average molecular weight is 217 g/mol. The molecule has 1 unspecified atom stereocenters. The molecule has 0 aromatic rings. The number of aliphatic hydroxyl groups excluding tert-OH is 1. The van der Waals surface area contributed by atoms with Gasteiger partial charge in [0.25, 0.3) is 0 Å². The lowest BCUT2D eigenvalue weighted by Crippen LogP contribution is -2.16. The summed E-state index contributed by atoms with van der Waals surface area (Å²) in [5.74, 6) is -0.397. The SMILES string of the molecule is CC=CN/C(=C\CPCO)C(=O)OC. The molecule has 1 atom stereocenters. The van der Waals surface area contributed by atoms with Crippen LogP contribution in [-0.4, -0.2) is 30.7 Å². The van der Waals surface area contributed by atoms with Crippen molar-refractivity contribution in [1.29, 1.82) is 0 Å². The molecule has 0 fully saturated rings. The topological polar surface area (TPSA) is 58.6 Å². The van der Waals surface area contributed by atoms with Gasteiger partial charge in [-0.05, 0) is 25.4 Å². The number of hydrogen-bond donors (Lipinski definition) is 2. The zero-order valence-corrected chi connectivity index (χ0v) is 9.41. The molecule has 80 valence electrons. The first-order chi connectivity index (χ1) is 6.76. The van der Waals surface area contributed by atoms with E-state index < -0.39 is 5.97 Å². The van der Waals surface area contributed by atoms with Crippen LogP contribution >= 0.6 is 8.58 Å². The Labute approximate surface area is 85.8 Å². The zero-order valence-electron chi connectivity index (χ0n) is 8.41. The van der Waals surface area contributed by atoms with Crippen molar-refractivity contribution in [2.45, 2.75) is 6.92 Å². The summed E-state index contributed by atoms with van der Waals surface area (Å²) in [7, 11) is 1.75. The molecular weight excluding hydrogens is 201 g/mol. The summed E-state index contributed by atoms with van der Waals surface area (Å²) < 4.78 is 4.58. The van der Waals surface area contributed by atoms with E-state index in [0.717, 1.165) is 0 Å². The summed E-state index contributed by atoms with van der Waals surface area (Å²) in [5, 5.41) is 11.4. The fourth-order valence-corrected chi connectivity index (χ4v) is 1.20. The molecule has 0 spiro atoms. The van der Waals surface area contributed by atoms with Gasteiger partial charge in [0, 0.05) is 0 Å². The highest BCUT2D eigenvalue weighted by Gasteiger charge is 2.06. The van der Waals surface area contributed by atoms with Gasteiger partial charge in [-0.2, -0.15) is 0 Å².